The SMILES string of the molecule is Cc1ccc(CO)cc1NC(=O)Cc1ccc(-n2cccn2)cc1. The first kappa shape index (κ1) is 16.0. The van der Waals surface area contributed by atoms with E-state index in [1.54, 1.807) is 16.9 Å². The fourth-order valence-corrected chi connectivity index (χ4v) is 2.47. The minimum Gasteiger partial charge on any atom is -0.392 e. The Morgan fingerprint density at radius 3 is 2.58 bits per heavy atom. The summed E-state index contributed by atoms with van der Waals surface area (Å²) in [6, 6.07) is 15.1. The van der Waals surface area contributed by atoms with Crippen molar-refractivity contribution in [3.05, 3.63) is 77.6 Å². The molecule has 0 bridgehead atoms. The number of amides is 1. The molecule has 5 heteroatoms. The van der Waals surface area contributed by atoms with Gasteiger partial charge in [0.25, 0.3) is 0 Å². The largest absolute Gasteiger partial charge is 0.392 e. The van der Waals surface area contributed by atoms with Gasteiger partial charge in [0, 0.05) is 18.1 Å². The van der Waals surface area contributed by atoms with Crippen molar-refractivity contribution in [3.63, 3.8) is 0 Å². The molecule has 24 heavy (non-hydrogen) atoms. The van der Waals surface area contributed by atoms with Gasteiger partial charge in [-0.1, -0.05) is 24.3 Å². The summed E-state index contributed by atoms with van der Waals surface area (Å²) in [5.74, 6) is -0.0833. The summed E-state index contributed by atoms with van der Waals surface area (Å²) in [6.07, 6.45) is 3.89. The quantitative estimate of drug-likeness (QED) is 0.759. The van der Waals surface area contributed by atoms with Gasteiger partial charge in [-0.05, 0) is 47.9 Å². The van der Waals surface area contributed by atoms with Crippen LogP contribution in [-0.4, -0.2) is 20.8 Å². The van der Waals surface area contributed by atoms with Crippen LogP contribution in [0.1, 0.15) is 16.7 Å². The van der Waals surface area contributed by atoms with Crippen LogP contribution in [0.3, 0.4) is 0 Å². The van der Waals surface area contributed by atoms with Crippen LogP contribution >= 0.6 is 0 Å². The van der Waals surface area contributed by atoms with Gasteiger partial charge in [0.1, 0.15) is 0 Å². The molecule has 5 nitrogen and oxygen atoms in total. The molecule has 1 aromatic heterocycles. The van der Waals surface area contributed by atoms with Crippen LogP contribution < -0.4 is 5.32 Å². The monoisotopic (exact) mass is 321 g/mol. The Hall–Kier alpha value is -2.92. The molecule has 2 aromatic carbocycles. The highest BCUT2D eigenvalue weighted by Gasteiger charge is 2.07. The third kappa shape index (κ3) is 3.70. The molecule has 1 amide bonds. The smallest absolute Gasteiger partial charge is 0.228 e. The second kappa shape index (κ2) is 7.10. The first-order valence-corrected chi connectivity index (χ1v) is 7.75. The van der Waals surface area contributed by atoms with Crippen molar-refractivity contribution >= 4 is 11.6 Å². The zero-order valence-corrected chi connectivity index (χ0v) is 13.4. The second-order valence-corrected chi connectivity index (χ2v) is 5.65. The van der Waals surface area contributed by atoms with Crippen molar-refractivity contribution in [3.8, 4) is 5.69 Å². The maximum atomic E-state index is 12.3. The molecule has 0 atom stereocenters. The summed E-state index contributed by atoms with van der Waals surface area (Å²) < 4.78 is 1.77. The summed E-state index contributed by atoms with van der Waals surface area (Å²) in [5.41, 5.74) is 4.36. The average molecular weight is 321 g/mol. The van der Waals surface area contributed by atoms with Gasteiger partial charge in [0.2, 0.25) is 5.91 Å². The zero-order chi connectivity index (χ0) is 16.9. The van der Waals surface area contributed by atoms with Crippen molar-refractivity contribution in [2.24, 2.45) is 0 Å². The van der Waals surface area contributed by atoms with Crippen molar-refractivity contribution in [1.29, 1.82) is 0 Å². The molecule has 0 radical (unpaired) electrons. The van der Waals surface area contributed by atoms with Crippen LogP contribution in [0.4, 0.5) is 5.69 Å². The van der Waals surface area contributed by atoms with E-state index in [0.717, 1.165) is 28.1 Å². The molecule has 0 aliphatic carbocycles. The summed E-state index contributed by atoms with van der Waals surface area (Å²) in [6.45, 7) is 1.88. The van der Waals surface area contributed by atoms with Crippen molar-refractivity contribution in [2.75, 3.05) is 5.32 Å². The van der Waals surface area contributed by atoms with E-state index in [1.165, 1.54) is 0 Å². The Morgan fingerprint density at radius 1 is 1.17 bits per heavy atom. The summed E-state index contributed by atoms with van der Waals surface area (Å²) in [7, 11) is 0. The Balaban J connectivity index is 1.67. The number of carbonyl (C=O) groups excluding carboxylic acids is 1. The molecular weight excluding hydrogens is 302 g/mol. The van der Waals surface area contributed by atoms with Crippen molar-refractivity contribution in [1.82, 2.24) is 9.78 Å². The van der Waals surface area contributed by atoms with Crippen LogP contribution in [-0.2, 0) is 17.8 Å². The molecule has 0 saturated carbocycles. The predicted molar refractivity (Wildman–Crippen MR) is 93.0 cm³/mol. The Kier molecular flexibility index (Phi) is 4.72. The van der Waals surface area contributed by atoms with E-state index in [9.17, 15) is 9.90 Å². The first-order valence-electron chi connectivity index (χ1n) is 7.75. The molecule has 0 aliphatic heterocycles. The number of benzene rings is 2. The number of anilines is 1. The minimum atomic E-state index is -0.0833. The maximum absolute atomic E-state index is 12.3. The molecule has 2 N–H and O–H groups in total. The predicted octanol–water partition coefficient (Wildman–Crippen LogP) is 2.85. The van der Waals surface area contributed by atoms with Gasteiger partial charge in [-0.15, -0.1) is 0 Å². The van der Waals surface area contributed by atoms with Gasteiger partial charge >= 0.3 is 0 Å². The highest BCUT2D eigenvalue weighted by atomic mass is 16.3. The molecule has 122 valence electrons. The topological polar surface area (TPSA) is 67.2 Å². The number of nitrogens with zero attached hydrogens (tertiary/aromatic N) is 2. The second-order valence-electron chi connectivity index (χ2n) is 5.65. The Labute approximate surface area is 140 Å². The first-order chi connectivity index (χ1) is 11.7. The van der Waals surface area contributed by atoms with Crippen LogP contribution in [0, 0.1) is 6.92 Å². The molecule has 0 fully saturated rings. The molecule has 0 spiro atoms. The number of hydrogen-bond donors (Lipinski definition) is 2. The zero-order valence-electron chi connectivity index (χ0n) is 13.4. The van der Waals surface area contributed by atoms with Gasteiger partial charge in [-0.2, -0.15) is 5.10 Å². The molecule has 1 heterocycles. The van der Waals surface area contributed by atoms with E-state index in [4.69, 9.17) is 0 Å². The molecule has 3 rings (SSSR count). The van der Waals surface area contributed by atoms with Crippen molar-refractivity contribution in [2.45, 2.75) is 20.0 Å². The molecule has 0 saturated heterocycles. The fraction of sp³-hybridized carbons (Fsp3) is 0.158. The number of aryl methyl sites for hydroxylation is 1. The van der Waals surface area contributed by atoms with E-state index < -0.39 is 0 Å². The average Bonchev–Trinajstić information content (AvgIpc) is 3.12. The lowest BCUT2D eigenvalue weighted by Gasteiger charge is -2.10. The number of nitrogens with one attached hydrogen (secondary N) is 1. The number of aliphatic hydroxyl groups excluding tert-OH is 1. The van der Waals surface area contributed by atoms with Crippen molar-refractivity contribution < 1.29 is 9.90 Å². The van der Waals surface area contributed by atoms with Gasteiger partial charge in [0.05, 0.1) is 18.7 Å². The Bertz CT molecular complexity index is 824. The van der Waals surface area contributed by atoms with Gasteiger partial charge < -0.3 is 10.4 Å². The van der Waals surface area contributed by atoms with Gasteiger partial charge in [-0.25, -0.2) is 4.68 Å². The number of aromatic nitrogens is 2. The third-order valence-electron chi connectivity index (χ3n) is 3.83. The maximum Gasteiger partial charge on any atom is 0.228 e. The summed E-state index contributed by atoms with van der Waals surface area (Å²) in [5, 5.41) is 16.3. The van der Waals surface area contributed by atoms with E-state index in [2.05, 4.69) is 10.4 Å². The van der Waals surface area contributed by atoms with Gasteiger partial charge in [0.15, 0.2) is 0 Å². The molecule has 0 unspecified atom stereocenters. The van der Waals surface area contributed by atoms with Crippen LogP contribution in [0.2, 0.25) is 0 Å². The van der Waals surface area contributed by atoms with E-state index in [-0.39, 0.29) is 12.5 Å². The molecular formula is C19H19N3O2. The lowest BCUT2D eigenvalue weighted by molar-refractivity contribution is -0.115. The van der Waals surface area contributed by atoms with Crippen LogP contribution in [0.25, 0.3) is 5.69 Å². The minimum absolute atomic E-state index is 0.0436. The summed E-state index contributed by atoms with van der Waals surface area (Å²) >= 11 is 0. The number of carbonyl (C=O) groups is 1. The highest BCUT2D eigenvalue weighted by molar-refractivity contribution is 5.93. The number of aliphatic hydroxyl groups is 1. The van der Waals surface area contributed by atoms with Crippen LogP contribution in [0.5, 0.6) is 0 Å². The normalized spacial score (nSPS) is 10.6. The lowest BCUT2D eigenvalue weighted by Crippen LogP contribution is -2.15. The highest BCUT2D eigenvalue weighted by Crippen LogP contribution is 2.17. The molecule has 0 aliphatic rings. The van der Waals surface area contributed by atoms with E-state index >= 15 is 0 Å². The number of rotatable bonds is 5. The van der Waals surface area contributed by atoms with Crippen LogP contribution in [0.15, 0.2) is 60.9 Å². The summed E-state index contributed by atoms with van der Waals surface area (Å²) in [4.78, 5) is 12.3. The van der Waals surface area contributed by atoms with E-state index in [0.29, 0.717) is 6.42 Å². The molecule has 3 aromatic rings. The Morgan fingerprint density at radius 2 is 1.92 bits per heavy atom. The number of hydrogen-bond acceptors (Lipinski definition) is 3. The standard InChI is InChI=1S/C19H19N3O2/c1-14-3-4-16(13-23)11-18(14)21-19(24)12-15-5-7-17(8-6-15)22-10-2-9-20-22/h2-11,23H,12-13H2,1H3,(H,21,24). The van der Waals surface area contributed by atoms with Gasteiger partial charge in [-0.3, -0.25) is 4.79 Å². The van der Waals surface area contributed by atoms with E-state index in [1.807, 2.05) is 55.6 Å². The fourth-order valence-electron chi connectivity index (χ4n) is 2.47. The third-order valence-corrected chi connectivity index (χ3v) is 3.83. The lowest BCUT2D eigenvalue weighted by atomic mass is 10.1.